The standard InChI is InChI=1S/C9H16N2O2/c1-6-4-11(9(10)12)5-8(13-6)7-2-3-7/h6-8H,2-5H2,1H3,(H2,10,12). The fourth-order valence-corrected chi connectivity index (χ4v) is 1.89. The largest absolute Gasteiger partial charge is 0.371 e. The van der Waals surface area contributed by atoms with Crippen LogP contribution >= 0.6 is 0 Å². The predicted molar refractivity (Wildman–Crippen MR) is 48.2 cm³/mol. The molecule has 1 aliphatic carbocycles. The third-order valence-electron chi connectivity index (χ3n) is 2.74. The summed E-state index contributed by atoms with van der Waals surface area (Å²) in [5.74, 6) is 0.671. The summed E-state index contributed by atoms with van der Waals surface area (Å²) >= 11 is 0. The van der Waals surface area contributed by atoms with Gasteiger partial charge < -0.3 is 15.4 Å². The summed E-state index contributed by atoms with van der Waals surface area (Å²) in [6.07, 6.45) is 2.84. The number of amides is 2. The number of morpholine rings is 1. The lowest BCUT2D eigenvalue weighted by atomic mass is 10.1. The quantitative estimate of drug-likeness (QED) is 0.647. The maximum Gasteiger partial charge on any atom is 0.314 e. The van der Waals surface area contributed by atoms with Crippen LogP contribution < -0.4 is 5.73 Å². The number of urea groups is 1. The summed E-state index contributed by atoms with van der Waals surface area (Å²) in [7, 11) is 0. The molecule has 2 fully saturated rings. The first-order chi connectivity index (χ1) is 6.16. The van der Waals surface area contributed by atoms with Crippen LogP contribution in [-0.4, -0.2) is 36.2 Å². The topological polar surface area (TPSA) is 55.6 Å². The Morgan fingerprint density at radius 3 is 2.69 bits per heavy atom. The van der Waals surface area contributed by atoms with Crippen molar-refractivity contribution in [3.8, 4) is 0 Å². The zero-order valence-corrected chi connectivity index (χ0v) is 7.90. The van der Waals surface area contributed by atoms with Crippen LogP contribution in [0.4, 0.5) is 4.79 Å². The molecular formula is C9H16N2O2. The van der Waals surface area contributed by atoms with Crippen LogP contribution in [0.25, 0.3) is 0 Å². The van der Waals surface area contributed by atoms with Gasteiger partial charge in [-0.25, -0.2) is 4.79 Å². The molecule has 1 heterocycles. The van der Waals surface area contributed by atoms with Crippen molar-refractivity contribution >= 4 is 6.03 Å². The second-order valence-corrected chi connectivity index (χ2v) is 4.07. The first-order valence-electron chi connectivity index (χ1n) is 4.86. The molecule has 2 rings (SSSR count). The van der Waals surface area contributed by atoms with E-state index < -0.39 is 0 Å². The Hall–Kier alpha value is -0.770. The van der Waals surface area contributed by atoms with Crippen molar-refractivity contribution in [3.05, 3.63) is 0 Å². The smallest absolute Gasteiger partial charge is 0.314 e. The molecule has 4 heteroatoms. The molecule has 2 amide bonds. The van der Waals surface area contributed by atoms with Gasteiger partial charge in [-0.2, -0.15) is 0 Å². The van der Waals surface area contributed by atoms with E-state index in [0.29, 0.717) is 19.0 Å². The molecule has 2 atom stereocenters. The molecule has 2 unspecified atom stereocenters. The van der Waals surface area contributed by atoms with Gasteiger partial charge in [-0.3, -0.25) is 0 Å². The van der Waals surface area contributed by atoms with E-state index in [1.54, 1.807) is 4.90 Å². The van der Waals surface area contributed by atoms with Crippen LogP contribution in [0.3, 0.4) is 0 Å². The van der Waals surface area contributed by atoms with E-state index >= 15 is 0 Å². The van der Waals surface area contributed by atoms with Gasteiger partial charge in [0, 0.05) is 13.1 Å². The summed E-state index contributed by atoms with van der Waals surface area (Å²) in [4.78, 5) is 12.7. The lowest BCUT2D eigenvalue weighted by molar-refractivity contribution is -0.0722. The van der Waals surface area contributed by atoms with Crippen molar-refractivity contribution in [2.24, 2.45) is 11.7 Å². The molecule has 74 valence electrons. The molecule has 0 aromatic heterocycles. The molecule has 0 aromatic carbocycles. The maximum atomic E-state index is 11.0. The highest BCUT2D eigenvalue weighted by Gasteiger charge is 2.38. The number of carbonyl (C=O) groups excluding carboxylic acids is 1. The molecule has 0 radical (unpaired) electrons. The molecular weight excluding hydrogens is 168 g/mol. The van der Waals surface area contributed by atoms with Crippen molar-refractivity contribution in [1.82, 2.24) is 4.90 Å². The minimum absolute atomic E-state index is 0.131. The molecule has 2 N–H and O–H groups in total. The minimum Gasteiger partial charge on any atom is -0.371 e. The fraction of sp³-hybridized carbons (Fsp3) is 0.889. The average molecular weight is 184 g/mol. The zero-order valence-electron chi connectivity index (χ0n) is 7.90. The molecule has 13 heavy (non-hydrogen) atoms. The van der Waals surface area contributed by atoms with Gasteiger partial charge in [0.1, 0.15) is 0 Å². The van der Waals surface area contributed by atoms with Crippen LogP contribution in [0.1, 0.15) is 19.8 Å². The molecule has 0 aromatic rings. The number of rotatable bonds is 1. The van der Waals surface area contributed by atoms with Gasteiger partial charge in [0.05, 0.1) is 12.2 Å². The van der Waals surface area contributed by atoms with E-state index in [9.17, 15) is 4.79 Å². The van der Waals surface area contributed by atoms with Gasteiger partial charge in [-0.15, -0.1) is 0 Å². The summed E-state index contributed by atoms with van der Waals surface area (Å²) in [5.41, 5.74) is 5.24. The predicted octanol–water partition coefficient (Wildman–Crippen LogP) is 0.564. The number of hydrogen-bond acceptors (Lipinski definition) is 2. The van der Waals surface area contributed by atoms with E-state index in [1.165, 1.54) is 12.8 Å². The van der Waals surface area contributed by atoms with Crippen LogP contribution in [0, 0.1) is 5.92 Å². The molecule has 4 nitrogen and oxygen atoms in total. The Labute approximate surface area is 78.0 Å². The zero-order chi connectivity index (χ0) is 9.42. The Morgan fingerprint density at radius 2 is 2.15 bits per heavy atom. The lowest BCUT2D eigenvalue weighted by Gasteiger charge is -2.36. The highest BCUT2D eigenvalue weighted by molar-refractivity contribution is 5.72. The van der Waals surface area contributed by atoms with Crippen molar-refractivity contribution in [2.45, 2.75) is 32.0 Å². The Kier molecular flexibility index (Phi) is 2.15. The maximum absolute atomic E-state index is 11.0. The van der Waals surface area contributed by atoms with E-state index in [2.05, 4.69) is 0 Å². The Balaban J connectivity index is 1.95. The molecule has 1 aliphatic heterocycles. The van der Waals surface area contributed by atoms with Crippen molar-refractivity contribution in [1.29, 1.82) is 0 Å². The highest BCUT2D eigenvalue weighted by atomic mass is 16.5. The minimum atomic E-state index is -0.319. The SMILES string of the molecule is CC1CN(C(N)=O)CC(C2CC2)O1. The Bertz CT molecular complexity index is 216. The van der Waals surface area contributed by atoms with Gasteiger partial charge >= 0.3 is 6.03 Å². The highest BCUT2D eigenvalue weighted by Crippen LogP contribution is 2.36. The van der Waals surface area contributed by atoms with Crippen LogP contribution in [0.15, 0.2) is 0 Å². The summed E-state index contributed by atoms with van der Waals surface area (Å²) in [6.45, 7) is 3.31. The lowest BCUT2D eigenvalue weighted by Crippen LogP contribution is -2.51. The van der Waals surface area contributed by atoms with E-state index in [0.717, 1.165) is 0 Å². The van der Waals surface area contributed by atoms with E-state index in [1.807, 2.05) is 6.92 Å². The van der Waals surface area contributed by atoms with Crippen LogP contribution in [0.5, 0.6) is 0 Å². The first kappa shape index (κ1) is 8.81. The number of hydrogen-bond donors (Lipinski definition) is 1. The first-order valence-corrected chi connectivity index (χ1v) is 4.86. The second kappa shape index (κ2) is 3.18. The summed E-state index contributed by atoms with van der Waals surface area (Å²) in [5, 5.41) is 0. The number of primary amides is 1. The average Bonchev–Trinajstić information content (AvgIpc) is 2.85. The number of ether oxygens (including phenoxy) is 1. The molecule has 2 aliphatic rings. The monoisotopic (exact) mass is 184 g/mol. The van der Waals surface area contributed by atoms with Crippen molar-refractivity contribution in [2.75, 3.05) is 13.1 Å². The van der Waals surface area contributed by atoms with E-state index in [-0.39, 0.29) is 18.2 Å². The van der Waals surface area contributed by atoms with Gasteiger partial charge in [0.2, 0.25) is 0 Å². The molecule has 1 saturated heterocycles. The second-order valence-electron chi connectivity index (χ2n) is 4.07. The Morgan fingerprint density at radius 1 is 1.46 bits per heavy atom. The van der Waals surface area contributed by atoms with E-state index in [4.69, 9.17) is 10.5 Å². The van der Waals surface area contributed by atoms with Gasteiger partial charge in [-0.05, 0) is 25.7 Å². The van der Waals surface area contributed by atoms with Gasteiger partial charge in [-0.1, -0.05) is 0 Å². The normalized spacial score (nSPS) is 34.7. The van der Waals surface area contributed by atoms with Crippen molar-refractivity contribution < 1.29 is 9.53 Å². The van der Waals surface area contributed by atoms with Crippen LogP contribution in [-0.2, 0) is 4.74 Å². The van der Waals surface area contributed by atoms with Gasteiger partial charge in [0.15, 0.2) is 0 Å². The summed E-state index contributed by atoms with van der Waals surface area (Å²) in [6, 6.07) is -0.319. The fourth-order valence-electron chi connectivity index (χ4n) is 1.89. The third-order valence-corrected chi connectivity index (χ3v) is 2.74. The third kappa shape index (κ3) is 1.94. The van der Waals surface area contributed by atoms with Gasteiger partial charge in [0.25, 0.3) is 0 Å². The number of nitrogens with zero attached hydrogens (tertiary/aromatic N) is 1. The van der Waals surface area contributed by atoms with Crippen molar-refractivity contribution in [3.63, 3.8) is 0 Å². The summed E-state index contributed by atoms with van der Waals surface area (Å²) < 4.78 is 5.74. The number of carbonyl (C=O) groups is 1. The molecule has 1 saturated carbocycles. The number of nitrogens with two attached hydrogens (primary N) is 1. The van der Waals surface area contributed by atoms with Crippen LogP contribution in [0.2, 0.25) is 0 Å². The molecule has 0 spiro atoms. The molecule has 0 bridgehead atoms.